The van der Waals surface area contributed by atoms with Crippen LogP contribution in [0, 0.1) is 0 Å². The molecule has 1 heterocycles. The van der Waals surface area contributed by atoms with E-state index < -0.39 is 0 Å². The molecule has 0 radical (unpaired) electrons. The summed E-state index contributed by atoms with van der Waals surface area (Å²) in [5.74, 6) is 0.0651. The van der Waals surface area contributed by atoms with Crippen molar-refractivity contribution in [2.24, 2.45) is 0 Å². The number of hydrogen-bond acceptors (Lipinski definition) is 2. The summed E-state index contributed by atoms with van der Waals surface area (Å²) in [4.78, 5) is 27.6. The van der Waals surface area contributed by atoms with Gasteiger partial charge in [0.1, 0.15) is 0 Å². The first-order valence-electron chi connectivity index (χ1n) is 9.20. The van der Waals surface area contributed by atoms with Gasteiger partial charge in [-0.2, -0.15) is 0 Å². The van der Waals surface area contributed by atoms with Crippen molar-refractivity contribution in [2.45, 2.75) is 39.2 Å². The van der Waals surface area contributed by atoms with Gasteiger partial charge in [-0.25, -0.2) is 0 Å². The molecule has 1 aromatic heterocycles. The van der Waals surface area contributed by atoms with Crippen LogP contribution in [0.15, 0.2) is 70.3 Å². The van der Waals surface area contributed by atoms with E-state index in [0.717, 1.165) is 27.5 Å². The number of benzene rings is 2. The zero-order valence-corrected chi connectivity index (χ0v) is 17.4. The van der Waals surface area contributed by atoms with Crippen LogP contribution in [0.1, 0.15) is 37.3 Å². The Balaban J connectivity index is 1.94. The zero-order chi connectivity index (χ0) is 19.2. The Bertz CT molecular complexity index is 992. The average molecular weight is 427 g/mol. The molecule has 3 rings (SSSR count). The Labute approximate surface area is 165 Å². The van der Waals surface area contributed by atoms with Gasteiger partial charge in [-0.15, -0.1) is 0 Å². The normalized spacial score (nSPS) is 11.1. The molecule has 5 heteroatoms. The number of aromatic nitrogens is 2. The number of H-pyrrole nitrogens is 1. The van der Waals surface area contributed by atoms with Crippen LogP contribution in [0.2, 0.25) is 0 Å². The Hall–Kier alpha value is -2.36. The molecule has 0 saturated carbocycles. The van der Waals surface area contributed by atoms with Crippen molar-refractivity contribution in [1.82, 2.24) is 9.55 Å². The summed E-state index contributed by atoms with van der Waals surface area (Å²) in [5.41, 5.74) is 1.44. The van der Waals surface area contributed by atoms with E-state index in [1.165, 1.54) is 5.56 Å². The summed E-state index contributed by atoms with van der Waals surface area (Å²) in [6.45, 7) is 4.62. The van der Waals surface area contributed by atoms with E-state index in [1.807, 2.05) is 50.2 Å². The molecule has 27 heavy (non-hydrogen) atoms. The molecule has 1 N–H and O–H groups in total. The van der Waals surface area contributed by atoms with Crippen molar-refractivity contribution in [1.29, 1.82) is 0 Å². The fourth-order valence-electron chi connectivity index (χ4n) is 3.08. The monoisotopic (exact) mass is 428 g/mol. The average Bonchev–Trinajstić information content (AvgIpc) is 2.65. The molecule has 0 amide bonds. The molecular weight excluding hydrogens is 403 g/mol. The molecule has 0 aliphatic heterocycles. The van der Waals surface area contributed by atoms with E-state index in [9.17, 15) is 9.59 Å². The number of nitrogens with zero attached hydrogens (tertiary/aromatic N) is 1. The van der Waals surface area contributed by atoms with Gasteiger partial charge in [0.15, 0.2) is 0 Å². The van der Waals surface area contributed by atoms with Gasteiger partial charge in [0.05, 0.1) is 0 Å². The Morgan fingerprint density at radius 3 is 2.22 bits per heavy atom. The molecule has 0 spiro atoms. The van der Waals surface area contributed by atoms with Crippen molar-refractivity contribution in [3.63, 3.8) is 0 Å². The number of hydrogen-bond donors (Lipinski definition) is 1. The molecule has 0 atom stereocenters. The first-order chi connectivity index (χ1) is 13.1. The second kappa shape index (κ2) is 9.03. The van der Waals surface area contributed by atoms with Crippen molar-refractivity contribution >= 4 is 24.0 Å². The zero-order valence-electron chi connectivity index (χ0n) is 15.6. The van der Waals surface area contributed by atoms with Gasteiger partial charge in [0.2, 0.25) is 0 Å². The Morgan fingerprint density at radius 1 is 0.963 bits per heavy atom. The van der Waals surface area contributed by atoms with Crippen LogP contribution >= 0.6 is 0 Å². The van der Waals surface area contributed by atoms with Crippen LogP contribution < -0.4 is 20.3 Å². The fourth-order valence-corrected chi connectivity index (χ4v) is 5.68. The first-order valence-corrected chi connectivity index (χ1v) is 10.9. The van der Waals surface area contributed by atoms with Crippen LogP contribution in [-0.4, -0.2) is 24.5 Å². The van der Waals surface area contributed by atoms with Crippen molar-refractivity contribution in [2.75, 3.05) is 0 Å². The third kappa shape index (κ3) is 4.88. The van der Waals surface area contributed by atoms with E-state index >= 15 is 0 Å². The summed E-state index contributed by atoms with van der Waals surface area (Å²) >= 11 is -0.0962. The number of aromatic amines is 1. The number of nitrogens with one attached hydrogen (secondary N) is 1. The van der Waals surface area contributed by atoms with Crippen molar-refractivity contribution in [3.05, 3.63) is 92.6 Å². The van der Waals surface area contributed by atoms with Crippen LogP contribution in [0.4, 0.5) is 0 Å². The number of aryl methyl sites for hydroxylation is 1. The quantitative estimate of drug-likeness (QED) is 0.586. The third-order valence-corrected chi connectivity index (χ3v) is 6.81. The summed E-state index contributed by atoms with van der Waals surface area (Å²) in [5, 5.41) is 0. The summed E-state index contributed by atoms with van der Waals surface area (Å²) in [6, 6.07) is 20.4. The minimum atomic E-state index is -0.301. The summed E-state index contributed by atoms with van der Waals surface area (Å²) in [7, 11) is 0. The van der Waals surface area contributed by atoms with E-state index in [4.69, 9.17) is 0 Å². The standard InChI is InChI=1S/C22H24N2O2Se/c1-16(2)19-20(25)23-22(26)24(15-9-12-17-10-5-3-6-11-17)21(19)27-18-13-7-4-8-14-18/h3-8,10-11,13-14,16H,9,12,15H2,1-2H3,(H,23,25,26). The SMILES string of the molecule is CC(C)c1c([Se]c2ccccc2)n(CCCc2ccccc2)c(=O)[nH]c1=O. The second-order valence-corrected chi connectivity index (χ2v) is 9.02. The van der Waals surface area contributed by atoms with Gasteiger partial charge >= 0.3 is 165 Å². The van der Waals surface area contributed by atoms with Gasteiger partial charge in [0, 0.05) is 0 Å². The van der Waals surface area contributed by atoms with Crippen LogP contribution in [0.5, 0.6) is 0 Å². The molecule has 0 aliphatic rings. The predicted molar refractivity (Wildman–Crippen MR) is 112 cm³/mol. The van der Waals surface area contributed by atoms with Crippen LogP contribution in [0.25, 0.3) is 0 Å². The van der Waals surface area contributed by atoms with Crippen molar-refractivity contribution in [3.8, 4) is 0 Å². The van der Waals surface area contributed by atoms with Gasteiger partial charge in [-0.05, 0) is 0 Å². The van der Waals surface area contributed by atoms with E-state index in [0.29, 0.717) is 6.54 Å². The van der Waals surface area contributed by atoms with Gasteiger partial charge in [-0.1, -0.05) is 0 Å². The Morgan fingerprint density at radius 2 is 1.59 bits per heavy atom. The van der Waals surface area contributed by atoms with Gasteiger partial charge < -0.3 is 0 Å². The second-order valence-electron chi connectivity index (χ2n) is 6.79. The van der Waals surface area contributed by atoms with E-state index in [2.05, 4.69) is 29.2 Å². The van der Waals surface area contributed by atoms with E-state index in [-0.39, 0.29) is 32.1 Å². The number of rotatable bonds is 7. The van der Waals surface area contributed by atoms with Crippen molar-refractivity contribution < 1.29 is 0 Å². The predicted octanol–water partition coefficient (Wildman–Crippen LogP) is 1.95. The molecule has 0 bridgehead atoms. The molecule has 2 aromatic carbocycles. The molecule has 140 valence electrons. The molecule has 0 aliphatic carbocycles. The Kier molecular flexibility index (Phi) is 6.49. The topological polar surface area (TPSA) is 54.9 Å². The maximum absolute atomic E-state index is 12.6. The fraction of sp³-hybridized carbons (Fsp3) is 0.273. The molecular formula is C22H24N2O2Se. The van der Waals surface area contributed by atoms with Crippen LogP contribution in [-0.2, 0) is 13.0 Å². The molecule has 3 aromatic rings. The minimum absolute atomic E-state index is 0.0651. The summed E-state index contributed by atoms with van der Waals surface area (Å²) in [6.07, 6.45) is 1.76. The molecule has 0 fully saturated rings. The summed E-state index contributed by atoms with van der Waals surface area (Å²) < 4.78 is 3.84. The molecule has 0 unspecified atom stereocenters. The third-order valence-electron chi connectivity index (χ3n) is 4.41. The van der Waals surface area contributed by atoms with Gasteiger partial charge in [0.25, 0.3) is 0 Å². The van der Waals surface area contributed by atoms with Gasteiger partial charge in [-0.3, -0.25) is 0 Å². The maximum atomic E-state index is 12.6. The molecule has 0 saturated heterocycles. The molecule has 4 nitrogen and oxygen atoms in total. The first kappa shape index (κ1) is 19.4. The van der Waals surface area contributed by atoms with E-state index in [1.54, 1.807) is 4.57 Å². The van der Waals surface area contributed by atoms with Crippen LogP contribution in [0.3, 0.4) is 0 Å².